The van der Waals surface area contributed by atoms with Gasteiger partial charge in [0.05, 0.1) is 26.2 Å². The Bertz CT molecular complexity index is 4700. The first kappa shape index (κ1) is 42.1. The molecule has 0 amide bonds. The topological polar surface area (TPSA) is 19.6 Å². The Kier molecular flexibility index (Phi) is 8.80. The zero-order chi connectivity index (χ0) is 49.6. The highest BCUT2D eigenvalue weighted by Crippen LogP contribution is 2.65. The van der Waals surface area contributed by atoms with Crippen LogP contribution < -0.4 is 9.80 Å². The van der Waals surface area contributed by atoms with E-state index in [0.717, 1.165) is 61.6 Å². The maximum atomic E-state index is 7.15. The third-order valence-electron chi connectivity index (χ3n) is 16.4. The minimum Gasteiger partial charge on any atom is -0.455 e. The van der Waals surface area contributed by atoms with Crippen molar-refractivity contribution in [2.24, 2.45) is 0 Å². The number of furan rings is 1. The van der Waals surface area contributed by atoms with Crippen LogP contribution in [-0.2, 0) is 5.41 Å². The fraction of sp³-hybridized carbons (Fsp3) is 0.0141. The fourth-order valence-corrected chi connectivity index (χ4v) is 15.8. The van der Waals surface area contributed by atoms with Crippen LogP contribution in [0.25, 0.3) is 95.3 Å². The maximum absolute atomic E-state index is 7.15. The van der Waals surface area contributed by atoms with Crippen LogP contribution in [0, 0.1) is 0 Å². The van der Waals surface area contributed by atoms with Gasteiger partial charge in [0, 0.05) is 70.0 Å². The largest absolute Gasteiger partial charge is 0.455 e. The minimum atomic E-state index is -0.787. The Hall–Kier alpha value is -9.26. The van der Waals surface area contributed by atoms with Crippen LogP contribution in [0.3, 0.4) is 0 Å². The molecule has 1 spiro atoms. The van der Waals surface area contributed by atoms with Gasteiger partial charge in [-0.05, 0) is 129 Å². The molecule has 76 heavy (non-hydrogen) atoms. The van der Waals surface area contributed by atoms with Gasteiger partial charge in [-0.3, -0.25) is 0 Å². The molecule has 15 aromatic rings. The van der Waals surface area contributed by atoms with E-state index in [9.17, 15) is 0 Å². The molecular weight excluding hydrogens is 961 g/mol. The maximum Gasteiger partial charge on any atom is 0.143 e. The molecule has 3 nitrogen and oxygen atoms in total. The quantitative estimate of drug-likeness (QED) is 0.165. The summed E-state index contributed by atoms with van der Waals surface area (Å²) in [7, 11) is 0. The summed E-state index contributed by atoms with van der Waals surface area (Å²) in [4.78, 5) is 4.98. The van der Waals surface area contributed by atoms with Crippen LogP contribution in [0.2, 0.25) is 0 Å². The summed E-state index contributed by atoms with van der Waals surface area (Å²) in [6.45, 7) is 0. The summed E-state index contributed by atoms with van der Waals surface area (Å²) >= 11 is 3.74. The summed E-state index contributed by atoms with van der Waals surface area (Å²) in [6.07, 6.45) is 0. The Morgan fingerprint density at radius 3 is 1.45 bits per heavy atom. The molecule has 5 heteroatoms. The van der Waals surface area contributed by atoms with E-state index in [4.69, 9.17) is 4.42 Å². The van der Waals surface area contributed by atoms with Gasteiger partial charge in [-0.25, -0.2) is 0 Å². The molecule has 3 heterocycles. The van der Waals surface area contributed by atoms with E-state index in [0.29, 0.717) is 0 Å². The highest BCUT2D eigenvalue weighted by molar-refractivity contribution is 7.26. The number of fused-ring (bicyclic) bond motifs is 19. The molecule has 0 aliphatic heterocycles. The van der Waals surface area contributed by atoms with E-state index in [2.05, 4.69) is 265 Å². The van der Waals surface area contributed by atoms with Crippen LogP contribution in [-0.4, -0.2) is 0 Å². The second kappa shape index (κ2) is 15.9. The van der Waals surface area contributed by atoms with Crippen molar-refractivity contribution < 1.29 is 4.42 Å². The van der Waals surface area contributed by atoms with E-state index in [1.165, 1.54) is 90.1 Å². The van der Waals surface area contributed by atoms with Gasteiger partial charge in [0.2, 0.25) is 0 Å². The third-order valence-corrected chi connectivity index (χ3v) is 18.8. The fourth-order valence-electron chi connectivity index (χ4n) is 13.4. The molecule has 12 aromatic carbocycles. The Balaban J connectivity index is 0.996. The average molecular weight is 1000 g/mol. The lowest BCUT2D eigenvalue weighted by atomic mass is 9.61. The van der Waals surface area contributed by atoms with E-state index >= 15 is 0 Å². The van der Waals surface area contributed by atoms with Gasteiger partial charge in [-0.2, -0.15) is 0 Å². The summed E-state index contributed by atoms with van der Waals surface area (Å²) in [5.41, 5.74) is 17.5. The van der Waals surface area contributed by atoms with Gasteiger partial charge in [0.15, 0.2) is 0 Å². The van der Waals surface area contributed by atoms with Crippen LogP contribution in [0.4, 0.5) is 34.1 Å². The minimum absolute atomic E-state index is 0.787. The number of hydrogen-bond acceptors (Lipinski definition) is 5. The molecule has 0 bridgehead atoms. The third kappa shape index (κ3) is 5.70. The molecule has 17 rings (SSSR count). The molecule has 0 N–H and O–H groups in total. The van der Waals surface area contributed by atoms with E-state index < -0.39 is 5.41 Å². The zero-order valence-electron chi connectivity index (χ0n) is 40.9. The first-order valence-corrected chi connectivity index (χ1v) is 27.6. The monoisotopic (exact) mass is 1000 g/mol. The standard InChI is InChI=1S/C71H42N2OS2/c1-3-19-44(20-4-1)72(61-30-15-26-54-51-24-8-11-33-64(51)75-69(54)61)46-35-37-48-49-38-36-47(73(45-21-5-2-6-22-45)62-31-16-27-55-52-25-9-12-34-65(52)76-70(55)62)42-60(49)71(59(48)41-46)57-29-14-18-43-17-13-28-56(66(43)57)67-58(71)40-39-53-50-23-7-10-32-63(50)74-68(53)67/h1-42H. The molecule has 354 valence electrons. The highest BCUT2D eigenvalue weighted by atomic mass is 32.1. The van der Waals surface area contributed by atoms with E-state index in [-0.39, 0.29) is 0 Å². The molecule has 2 aliphatic rings. The predicted molar refractivity (Wildman–Crippen MR) is 323 cm³/mol. The molecule has 2 aliphatic carbocycles. The van der Waals surface area contributed by atoms with Crippen molar-refractivity contribution in [3.8, 4) is 22.3 Å². The number of benzene rings is 12. The Labute approximate surface area is 446 Å². The number of para-hydroxylation sites is 3. The van der Waals surface area contributed by atoms with Crippen LogP contribution in [0.1, 0.15) is 22.3 Å². The van der Waals surface area contributed by atoms with Gasteiger partial charge in [0.25, 0.3) is 0 Å². The number of anilines is 6. The first-order chi connectivity index (χ1) is 37.7. The zero-order valence-corrected chi connectivity index (χ0v) is 42.5. The number of nitrogens with zero attached hydrogens (tertiary/aromatic N) is 2. The predicted octanol–water partition coefficient (Wildman–Crippen LogP) is 20.8. The van der Waals surface area contributed by atoms with Gasteiger partial charge in [-0.1, -0.05) is 176 Å². The molecule has 0 saturated heterocycles. The van der Waals surface area contributed by atoms with Crippen molar-refractivity contribution in [1.29, 1.82) is 0 Å². The van der Waals surface area contributed by atoms with Gasteiger partial charge >= 0.3 is 0 Å². The van der Waals surface area contributed by atoms with Crippen LogP contribution in [0.15, 0.2) is 259 Å². The summed E-state index contributed by atoms with van der Waals surface area (Å²) in [5.74, 6) is 0. The van der Waals surface area contributed by atoms with Crippen molar-refractivity contribution in [2.45, 2.75) is 5.41 Å². The summed E-state index contributed by atoms with van der Waals surface area (Å²) < 4.78 is 12.2. The lowest BCUT2D eigenvalue weighted by molar-refractivity contribution is 0.667. The molecule has 3 aromatic heterocycles. The number of thiophene rings is 2. The van der Waals surface area contributed by atoms with Crippen molar-refractivity contribution in [3.05, 3.63) is 277 Å². The molecule has 0 saturated carbocycles. The van der Waals surface area contributed by atoms with E-state index in [1.807, 2.05) is 22.7 Å². The lowest BCUT2D eigenvalue weighted by Gasteiger charge is -2.40. The van der Waals surface area contributed by atoms with E-state index in [1.54, 1.807) is 0 Å². The molecule has 0 radical (unpaired) electrons. The lowest BCUT2D eigenvalue weighted by Crippen LogP contribution is -2.32. The molecule has 0 atom stereocenters. The van der Waals surface area contributed by atoms with Crippen molar-refractivity contribution in [3.63, 3.8) is 0 Å². The van der Waals surface area contributed by atoms with Gasteiger partial charge in [0.1, 0.15) is 11.2 Å². The smallest absolute Gasteiger partial charge is 0.143 e. The van der Waals surface area contributed by atoms with Crippen molar-refractivity contribution in [1.82, 2.24) is 0 Å². The van der Waals surface area contributed by atoms with Gasteiger partial charge in [-0.15, -0.1) is 22.7 Å². The van der Waals surface area contributed by atoms with Crippen LogP contribution >= 0.6 is 22.7 Å². The average Bonchev–Trinajstić information content (AvgIpc) is 4.41. The van der Waals surface area contributed by atoms with Crippen LogP contribution in [0.5, 0.6) is 0 Å². The number of rotatable bonds is 6. The highest BCUT2D eigenvalue weighted by Gasteiger charge is 2.51. The first-order valence-electron chi connectivity index (χ1n) is 26.0. The summed E-state index contributed by atoms with van der Waals surface area (Å²) in [6, 6.07) is 94.8. The Morgan fingerprint density at radius 1 is 0.329 bits per heavy atom. The van der Waals surface area contributed by atoms with Crippen molar-refractivity contribution >= 4 is 130 Å². The van der Waals surface area contributed by atoms with Crippen molar-refractivity contribution in [2.75, 3.05) is 9.80 Å². The molecular formula is C71H42N2OS2. The SMILES string of the molecule is c1ccc(N(c2ccc3c(c2)C2(c4cc(N(c5ccccc5)c5cccc6c5sc5ccccc56)ccc4-3)c3ccc4c(oc5ccccc54)c3-c3cccc4cccc2c34)c2cccc3c2sc2ccccc23)cc1. The summed E-state index contributed by atoms with van der Waals surface area (Å²) in [5, 5.41) is 9.82. The second-order valence-electron chi connectivity index (χ2n) is 20.2. The second-order valence-corrected chi connectivity index (χ2v) is 22.3. The Morgan fingerprint density at radius 2 is 0.842 bits per heavy atom. The number of hydrogen-bond donors (Lipinski definition) is 0. The normalized spacial score (nSPS) is 13.1. The van der Waals surface area contributed by atoms with Gasteiger partial charge < -0.3 is 14.2 Å². The molecule has 0 fully saturated rings. The molecule has 0 unspecified atom stereocenters.